The molecule has 0 bridgehead atoms. The second kappa shape index (κ2) is 7.73. The van der Waals surface area contributed by atoms with Gasteiger partial charge in [0.15, 0.2) is 0 Å². The van der Waals surface area contributed by atoms with E-state index in [4.69, 9.17) is 4.74 Å². The largest absolute Gasteiger partial charge is 0.506 e. The Bertz CT molecular complexity index is 465. The zero-order valence-corrected chi connectivity index (χ0v) is 13.0. The normalized spacial score (nSPS) is 19.9. The van der Waals surface area contributed by atoms with Gasteiger partial charge in [-0.05, 0) is 32.7 Å². The lowest BCUT2D eigenvalue weighted by atomic mass is 10.0. The number of pyridine rings is 1. The van der Waals surface area contributed by atoms with Crippen LogP contribution in [0.5, 0.6) is 5.75 Å². The molecule has 1 aliphatic heterocycles. The molecule has 2 N–H and O–H groups in total. The molecule has 1 saturated heterocycles. The van der Waals surface area contributed by atoms with E-state index in [-0.39, 0.29) is 18.5 Å². The number of aryl methyl sites for hydroxylation is 1. The van der Waals surface area contributed by atoms with Gasteiger partial charge >= 0.3 is 0 Å². The summed E-state index contributed by atoms with van der Waals surface area (Å²) in [5, 5.41) is 19.7. The van der Waals surface area contributed by atoms with Crippen LogP contribution in [0.2, 0.25) is 0 Å². The minimum absolute atomic E-state index is 0.0974. The maximum Gasteiger partial charge on any atom is 0.141 e. The highest BCUT2D eigenvalue weighted by molar-refractivity contribution is 5.40. The summed E-state index contributed by atoms with van der Waals surface area (Å²) in [4.78, 5) is 6.39. The van der Waals surface area contributed by atoms with Crippen LogP contribution in [0.3, 0.4) is 0 Å². The Morgan fingerprint density at radius 2 is 2.29 bits per heavy atom. The molecular weight excluding hydrogens is 268 g/mol. The number of hydrogen-bond acceptors (Lipinski definition) is 5. The predicted molar refractivity (Wildman–Crippen MR) is 81.1 cm³/mol. The first kappa shape index (κ1) is 16.2. The molecule has 1 fully saturated rings. The molecule has 0 spiro atoms. The molecule has 2 heterocycles. The van der Waals surface area contributed by atoms with E-state index in [1.54, 1.807) is 13.1 Å². The number of aliphatic hydroxyl groups is 1. The third-order valence-electron chi connectivity index (χ3n) is 4.00. The Balaban J connectivity index is 2.05. The van der Waals surface area contributed by atoms with Crippen molar-refractivity contribution in [2.24, 2.45) is 0 Å². The first-order valence-corrected chi connectivity index (χ1v) is 7.76. The number of aromatic nitrogens is 1. The topological polar surface area (TPSA) is 65.8 Å². The lowest BCUT2D eigenvalue weighted by molar-refractivity contribution is -0.00252. The first-order chi connectivity index (χ1) is 10.2. The van der Waals surface area contributed by atoms with Gasteiger partial charge in [0.25, 0.3) is 0 Å². The van der Waals surface area contributed by atoms with Crippen molar-refractivity contribution in [1.29, 1.82) is 0 Å². The number of nitrogens with zero attached hydrogens (tertiary/aromatic N) is 2. The highest BCUT2D eigenvalue weighted by Crippen LogP contribution is 2.27. The monoisotopic (exact) mass is 294 g/mol. The van der Waals surface area contributed by atoms with Crippen LogP contribution in [0, 0.1) is 6.92 Å². The van der Waals surface area contributed by atoms with E-state index in [0.717, 1.165) is 44.5 Å². The van der Waals surface area contributed by atoms with E-state index in [0.29, 0.717) is 17.8 Å². The van der Waals surface area contributed by atoms with Gasteiger partial charge in [-0.15, -0.1) is 0 Å². The number of likely N-dealkylation sites (tertiary alicyclic amines) is 1. The second-order valence-corrected chi connectivity index (χ2v) is 5.72. The Morgan fingerprint density at radius 1 is 1.48 bits per heavy atom. The summed E-state index contributed by atoms with van der Waals surface area (Å²) in [6, 6.07) is 0. The molecule has 5 nitrogen and oxygen atoms in total. The number of hydrogen-bond donors (Lipinski definition) is 2. The minimum atomic E-state index is -0.0974. The fourth-order valence-electron chi connectivity index (χ4n) is 2.80. The fraction of sp³-hybridized carbons (Fsp3) is 0.688. The maximum absolute atomic E-state index is 10.2. The van der Waals surface area contributed by atoms with Gasteiger partial charge in [-0.1, -0.05) is 6.92 Å². The Kier molecular flexibility index (Phi) is 5.96. The highest BCUT2D eigenvalue weighted by Gasteiger charge is 2.22. The molecule has 0 amide bonds. The van der Waals surface area contributed by atoms with E-state index >= 15 is 0 Å². The van der Waals surface area contributed by atoms with Crippen molar-refractivity contribution >= 4 is 0 Å². The third-order valence-corrected chi connectivity index (χ3v) is 4.00. The van der Waals surface area contributed by atoms with Crippen LogP contribution in [0.25, 0.3) is 0 Å². The van der Waals surface area contributed by atoms with Crippen molar-refractivity contribution in [1.82, 2.24) is 9.88 Å². The van der Waals surface area contributed by atoms with Gasteiger partial charge < -0.3 is 14.9 Å². The molecule has 2 rings (SSSR count). The van der Waals surface area contributed by atoms with Crippen LogP contribution < -0.4 is 0 Å². The smallest absolute Gasteiger partial charge is 0.141 e. The zero-order chi connectivity index (χ0) is 15.2. The zero-order valence-electron chi connectivity index (χ0n) is 13.0. The van der Waals surface area contributed by atoms with Gasteiger partial charge in [0, 0.05) is 37.0 Å². The molecule has 1 aromatic heterocycles. The lowest BCUT2D eigenvalue weighted by Crippen LogP contribution is -2.39. The molecule has 0 saturated carbocycles. The maximum atomic E-state index is 10.2. The predicted octanol–water partition coefficient (Wildman–Crippen LogP) is 1.98. The van der Waals surface area contributed by atoms with Gasteiger partial charge in [-0.2, -0.15) is 0 Å². The van der Waals surface area contributed by atoms with Gasteiger partial charge in [0.2, 0.25) is 0 Å². The van der Waals surface area contributed by atoms with Crippen LogP contribution in [-0.2, 0) is 17.9 Å². The van der Waals surface area contributed by atoms with Crippen molar-refractivity contribution in [3.8, 4) is 5.75 Å². The molecule has 21 heavy (non-hydrogen) atoms. The first-order valence-electron chi connectivity index (χ1n) is 7.76. The number of ether oxygens (including phenoxy) is 1. The summed E-state index contributed by atoms with van der Waals surface area (Å²) in [5.74, 6) is 0.207. The summed E-state index contributed by atoms with van der Waals surface area (Å²) in [5.41, 5.74) is 2.11. The quantitative estimate of drug-likeness (QED) is 0.840. The van der Waals surface area contributed by atoms with Crippen LogP contribution >= 0.6 is 0 Å². The van der Waals surface area contributed by atoms with E-state index in [9.17, 15) is 10.2 Å². The van der Waals surface area contributed by atoms with Crippen molar-refractivity contribution in [3.63, 3.8) is 0 Å². The molecule has 0 aliphatic carbocycles. The van der Waals surface area contributed by atoms with Crippen molar-refractivity contribution < 1.29 is 14.9 Å². The number of rotatable bonds is 6. The van der Waals surface area contributed by atoms with Crippen LogP contribution in [0.1, 0.15) is 43.0 Å². The van der Waals surface area contributed by atoms with Gasteiger partial charge in [-0.3, -0.25) is 9.88 Å². The van der Waals surface area contributed by atoms with E-state index in [2.05, 4.69) is 16.8 Å². The average molecular weight is 294 g/mol. The third kappa shape index (κ3) is 4.15. The van der Waals surface area contributed by atoms with Crippen molar-refractivity contribution in [3.05, 3.63) is 23.0 Å². The Labute approximate surface area is 126 Å². The van der Waals surface area contributed by atoms with Crippen molar-refractivity contribution in [2.75, 3.05) is 19.7 Å². The molecule has 1 aromatic rings. The summed E-state index contributed by atoms with van der Waals surface area (Å²) < 4.78 is 5.84. The van der Waals surface area contributed by atoms with E-state index in [1.807, 2.05) is 0 Å². The SMILES string of the molecule is CCCOC1CCCN(Cc2c(CO)cnc(C)c2O)C1. The minimum Gasteiger partial charge on any atom is -0.506 e. The van der Waals surface area contributed by atoms with Crippen LogP contribution in [0.4, 0.5) is 0 Å². The Hall–Kier alpha value is -1.17. The summed E-state index contributed by atoms with van der Waals surface area (Å²) in [6.07, 6.45) is 5.18. The highest BCUT2D eigenvalue weighted by atomic mass is 16.5. The lowest BCUT2D eigenvalue weighted by Gasteiger charge is -2.33. The molecule has 1 aliphatic rings. The molecule has 1 atom stereocenters. The molecule has 0 radical (unpaired) electrons. The molecular formula is C16H26N2O3. The van der Waals surface area contributed by atoms with Gasteiger partial charge in [0.1, 0.15) is 5.75 Å². The number of aromatic hydroxyl groups is 1. The van der Waals surface area contributed by atoms with E-state index < -0.39 is 0 Å². The second-order valence-electron chi connectivity index (χ2n) is 5.72. The molecule has 0 aromatic carbocycles. The molecule has 1 unspecified atom stereocenters. The number of piperidine rings is 1. The van der Waals surface area contributed by atoms with Crippen LogP contribution in [-0.4, -0.2) is 45.9 Å². The summed E-state index contributed by atoms with van der Waals surface area (Å²) >= 11 is 0. The van der Waals surface area contributed by atoms with Gasteiger partial charge in [-0.25, -0.2) is 0 Å². The van der Waals surface area contributed by atoms with Crippen LogP contribution in [0.15, 0.2) is 6.20 Å². The molecule has 5 heteroatoms. The fourth-order valence-corrected chi connectivity index (χ4v) is 2.80. The average Bonchev–Trinajstić information content (AvgIpc) is 2.50. The van der Waals surface area contributed by atoms with Crippen molar-refractivity contribution in [2.45, 2.75) is 52.4 Å². The molecule has 118 valence electrons. The number of aliphatic hydroxyl groups excluding tert-OH is 1. The van der Waals surface area contributed by atoms with E-state index in [1.165, 1.54) is 0 Å². The summed E-state index contributed by atoms with van der Waals surface area (Å²) in [6.45, 7) is 7.12. The standard InChI is InChI=1S/C16H26N2O3/c1-3-7-21-14-5-4-6-18(9-14)10-15-13(11-19)8-17-12(2)16(15)20/h8,14,19-20H,3-7,9-11H2,1-2H3. The van der Waals surface area contributed by atoms with Gasteiger partial charge in [0.05, 0.1) is 18.4 Å². The summed E-state index contributed by atoms with van der Waals surface area (Å²) in [7, 11) is 0. The Morgan fingerprint density at radius 3 is 3.00 bits per heavy atom.